The number of aromatic nitrogens is 2. The smallest absolute Gasteiger partial charge is 0.178 e. The van der Waals surface area contributed by atoms with E-state index in [0.29, 0.717) is 11.3 Å². The van der Waals surface area contributed by atoms with E-state index >= 15 is 0 Å². The molecule has 0 saturated heterocycles. The fourth-order valence-electron chi connectivity index (χ4n) is 9.60. The minimum absolute atomic E-state index is 0.0537. The Morgan fingerprint density at radius 2 is 1.74 bits per heavy atom. The highest BCUT2D eigenvalue weighted by Gasteiger charge is 2.56. The highest BCUT2D eigenvalue weighted by Crippen LogP contribution is 2.63. The van der Waals surface area contributed by atoms with E-state index in [9.17, 15) is 13.2 Å². The molecule has 0 radical (unpaired) electrons. The molecule has 6 heteroatoms. The van der Waals surface area contributed by atoms with Gasteiger partial charge in [-0.15, -0.1) is 0 Å². The van der Waals surface area contributed by atoms with Crippen LogP contribution in [0.3, 0.4) is 0 Å². The van der Waals surface area contributed by atoms with Crippen molar-refractivity contribution in [2.45, 2.75) is 103 Å². The van der Waals surface area contributed by atoms with E-state index < -0.39 is 9.84 Å². The Balaban J connectivity index is 1.40. The lowest BCUT2D eigenvalue weighted by molar-refractivity contribution is -0.129. The third kappa shape index (κ3) is 4.44. The highest BCUT2D eigenvalue weighted by molar-refractivity contribution is 7.90. The molecule has 4 saturated carbocycles. The third-order valence-corrected chi connectivity index (χ3v) is 12.7. The van der Waals surface area contributed by atoms with Gasteiger partial charge in [-0.1, -0.05) is 34.1 Å². The molecule has 4 fully saturated rings. The lowest BCUT2D eigenvalue weighted by atomic mass is 9.49. The number of carbonyl (C=O) groups excluding carboxylic acids is 1. The molecule has 1 aromatic rings. The molecule has 4 aliphatic carbocycles. The van der Waals surface area contributed by atoms with Gasteiger partial charge in [0.2, 0.25) is 0 Å². The SMILES string of the molecule is CC1C[C@H]2CC[C@H](CC[C@]3(C)[C@@H](C(=O)Cn4cc(S(C)(=O)=O)cn4)CC[C@@H]23)[C@@]2(C)CC[C@H](C)C[C@H]12. The van der Waals surface area contributed by atoms with E-state index in [1.807, 2.05) is 0 Å². The number of carbonyl (C=O) groups is 1. The Bertz CT molecular complexity index is 1060. The molecular weight excluding hydrogens is 456 g/mol. The van der Waals surface area contributed by atoms with Gasteiger partial charge >= 0.3 is 0 Å². The van der Waals surface area contributed by atoms with Gasteiger partial charge in [-0.3, -0.25) is 9.48 Å². The first kappa shape index (κ1) is 25.5. The largest absolute Gasteiger partial charge is 0.297 e. The number of hydrogen-bond acceptors (Lipinski definition) is 4. The monoisotopic (exact) mass is 502 g/mol. The summed E-state index contributed by atoms with van der Waals surface area (Å²) in [7, 11) is -3.31. The summed E-state index contributed by atoms with van der Waals surface area (Å²) in [6.45, 7) is 10.3. The minimum Gasteiger partial charge on any atom is -0.297 e. The minimum atomic E-state index is -3.31. The quantitative estimate of drug-likeness (QED) is 0.493. The summed E-state index contributed by atoms with van der Waals surface area (Å²) in [6.07, 6.45) is 16.9. The molecule has 9 atom stereocenters. The van der Waals surface area contributed by atoms with E-state index in [-0.39, 0.29) is 28.6 Å². The van der Waals surface area contributed by atoms with Gasteiger partial charge < -0.3 is 0 Å². The Labute approximate surface area is 212 Å². The van der Waals surface area contributed by atoms with Gasteiger partial charge in [0.05, 0.1) is 12.7 Å². The summed E-state index contributed by atoms with van der Waals surface area (Å²) in [5, 5.41) is 4.21. The van der Waals surface area contributed by atoms with Crippen LogP contribution in [0.15, 0.2) is 17.3 Å². The van der Waals surface area contributed by atoms with Gasteiger partial charge in [-0.2, -0.15) is 5.10 Å². The van der Waals surface area contributed by atoms with Crippen LogP contribution in [0.5, 0.6) is 0 Å². The van der Waals surface area contributed by atoms with Gasteiger partial charge in [0.1, 0.15) is 4.90 Å². The molecule has 2 bridgehead atoms. The van der Waals surface area contributed by atoms with Crippen LogP contribution in [0.25, 0.3) is 0 Å². The molecule has 0 spiro atoms. The van der Waals surface area contributed by atoms with Crippen LogP contribution < -0.4 is 0 Å². The van der Waals surface area contributed by atoms with Crippen LogP contribution in [0, 0.1) is 52.3 Å². The van der Waals surface area contributed by atoms with Crippen LogP contribution in [0.2, 0.25) is 0 Å². The van der Waals surface area contributed by atoms with Crippen molar-refractivity contribution in [3.05, 3.63) is 12.4 Å². The number of rotatable bonds is 4. The van der Waals surface area contributed by atoms with Gasteiger partial charge in [-0.25, -0.2) is 8.42 Å². The maximum Gasteiger partial charge on any atom is 0.178 e. The van der Waals surface area contributed by atoms with E-state index in [2.05, 4.69) is 32.8 Å². The van der Waals surface area contributed by atoms with Gasteiger partial charge in [0.25, 0.3) is 0 Å². The number of fused-ring (bicyclic) bond motifs is 7. The Morgan fingerprint density at radius 1 is 1.00 bits per heavy atom. The van der Waals surface area contributed by atoms with E-state index in [1.54, 1.807) is 4.68 Å². The lowest BCUT2D eigenvalue weighted by Gasteiger charge is -2.56. The predicted molar refractivity (Wildman–Crippen MR) is 139 cm³/mol. The molecule has 5 rings (SSSR count). The standard InChI is InChI=1S/C29H46N2O3S/c1-19-10-12-28(3)22-7-6-21(15-20(2)26(28)14-19)24-8-9-25(29(24,4)13-11-22)27(32)18-31-17-23(16-30-31)35(5,33)34/h16-17,19-22,24-26H,6-15,18H2,1-5H3/t19-,20?,21+,22+,24-,25+,26+,28+,29-/m0/s1. The maximum atomic E-state index is 13.7. The first-order valence-electron chi connectivity index (χ1n) is 14.2. The maximum absolute atomic E-state index is 13.7. The summed E-state index contributed by atoms with van der Waals surface area (Å²) in [6, 6.07) is 0. The van der Waals surface area contributed by atoms with Gasteiger partial charge in [-0.05, 0) is 104 Å². The second-order valence-electron chi connectivity index (χ2n) is 13.6. The summed E-state index contributed by atoms with van der Waals surface area (Å²) in [4.78, 5) is 13.9. The van der Waals surface area contributed by atoms with Crippen LogP contribution in [-0.4, -0.2) is 30.2 Å². The molecule has 0 N–H and O–H groups in total. The van der Waals surface area contributed by atoms with Gasteiger partial charge in [0, 0.05) is 18.4 Å². The van der Waals surface area contributed by atoms with Crippen LogP contribution >= 0.6 is 0 Å². The van der Waals surface area contributed by atoms with Crippen LogP contribution in [0.4, 0.5) is 0 Å². The topological polar surface area (TPSA) is 69.0 Å². The lowest BCUT2D eigenvalue weighted by Crippen LogP contribution is -2.48. The number of hydrogen-bond donors (Lipinski definition) is 0. The predicted octanol–water partition coefficient (Wildman–Crippen LogP) is 6.18. The van der Waals surface area contributed by atoms with E-state index in [1.165, 1.54) is 70.0 Å². The van der Waals surface area contributed by atoms with Crippen molar-refractivity contribution in [3.8, 4) is 0 Å². The summed E-state index contributed by atoms with van der Waals surface area (Å²) in [5.74, 6) is 4.94. The molecule has 1 unspecified atom stereocenters. The normalized spacial score (nSPS) is 44.0. The van der Waals surface area contributed by atoms with Gasteiger partial charge in [0.15, 0.2) is 15.6 Å². The first-order chi connectivity index (χ1) is 16.4. The fourth-order valence-corrected chi connectivity index (χ4v) is 10.2. The Hall–Kier alpha value is -1.17. The molecule has 0 amide bonds. The fraction of sp³-hybridized carbons (Fsp3) is 0.862. The number of nitrogens with zero attached hydrogens (tertiary/aromatic N) is 2. The molecule has 35 heavy (non-hydrogen) atoms. The zero-order valence-electron chi connectivity index (χ0n) is 22.5. The molecule has 1 aromatic heterocycles. The van der Waals surface area contributed by atoms with Crippen LogP contribution in [-0.2, 0) is 21.2 Å². The summed E-state index contributed by atoms with van der Waals surface area (Å²) < 4.78 is 25.3. The van der Waals surface area contributed by atoms with Crippen molar-refractivity contribution in [2.24, 2.45) is 52.3 Å². The third-order valence-electron chi connectivity index (χ3n) is 11.6. The Kier molecular flexibility index (Phi) is 6.54. The van der Waals surface area contributed by atoms with Crippen molar-refractivity contribution >= 4 is 15.6 Å². The summed E-state index contributed by atoms with van der Waals surface area (Å²) >= 11 is 0. The zero-order chi connectivity index (χ0) is 25.2. The van der Waals surface area contributed by atoms with Crippen molar-refractivity contribution in [1.82, 2.24) is 9.78 Å². The molecule has 196 valence electrons. The molecular formula is C29H46N2O3S. The van der Waals surface area contributed by atoms with E-state index in [0.717, 1.165) is 42.4 Å². The average molecular weight is 503 g/mol. The average Bonchev–Trinajstić information content (AvgIpc) is 3.37. The second-order valence-corrected chi connectivity index (χ2v) is 15.6. The molecule has 4 aliphatic rings. The van der Waals surface area contributed by atoms with E-state index in [4.69, 9.17) is 0 Å². The summed E-state index contributed by atoms with van der Waals surface area (Å²) in [5.41, 5.74) is 0.507. The van der Waals surface area contributed by atoms with Crippen molar-refractivity contribution in [1.29, 1.82) is 0 Å². The Morgan fingerprint density at radius 3 is 2.46 bits per heavy atom. The zero-order valence-corrected chi connectivity index (χ0v) is 23.3. The molecule has 1 heterocycles. The van der Waals surface area contributed by atoms with Crippen molar-refractivity contribution in [2.75, 3.05) is 6.26 Å². The highest BCUT2D eigenvalue weighted by atomic mass is 32.2. The van der Waals surface area contributed by atoms with Crippen molar-refractivity contribution < 1.29 is 13.2 Å². The molecule has 5 nitrogen and oxygen atoms in total. The molecule has 0 aromatic carbocycles. The van der Waals surface area contributed by atoms with Crippen molar-refractivity contribution in [3.63, 3.8) is 0 Å². The van der Waals surface area contributed by atoms with Crippen LogP contribution in [0.1, 0.15) is 91.9 Å². The first-order valence-corrected chi connectivity index (χ1v) is 16.1. The second kappa shape index (κ2) is 8.99. The number of sulfone groups is 1. The molecule has 0 aliphatic heterocycles. The number of Topliss-reactive ketones (excluding diaryl/α,β-unsaturated/α-hetero) is 1. The number of ketones is 1.